The molecule has 2 aliphatic rings. The summed E-state index contributed by atoms with van der Waals surface area (Å²) in [6.07, 6.45) is 1.52. The van der Waals surface area contributed by atoms with E-state index in [1.54, 1.807) is 18.2 Å². The molecule has 2 fully saturated rings. The van der Waals surface area contributed by atoms with Gasteiger partial charge in [-0.05, 0) is 31.0 Å². The van der Waals surface area contributed by atoms with Crippen molar-refractivity contribution in [2.45, 2.75) is 31.5 Å². The molecule has 2 atom stereocenters. The molecule has 0 aromatic heterocycles. The van der Waals surface area contributed by atoms with E-state index in [1.807, 2.05) is 23.1 Å². The zero-order valence-corrected chi connectivity index (χ0v) is 15.4. The number of hydrogen-bond donors (Lipinski definition) is 0. The lowest BCUT2D eigenvalue weighted by molar-refractivity contribution is -0.144. The van der Waals surface area contributed by atoms with Crippen molar-refractivity contribution >= 4 is 5.91 Å². The lowest BCUT2D eigenvalue weighted by atomic mass is 10.1. The first-order chi connectivity index (χ1) is 13.2. The number of carbonyl (C=O) groups excluding carboxylic acids is 1. The number of amides is 1. The largest absolute Gasteiger partial charge is 0.370 e. The van der Waals surface area contributed by atoms with E-state index in [4.69, 9.17) is 4.74 Å². The highest BCUT2D eigenvalue weighted by atomic mass is 19.1. The topological polar surface area (TPSA) is 32.8 Å². The number of benzene rings is 2. The van der Waals surface area contributed by atoms with E-state index >= 15 is 0 Å². The average molecular weight is 368 g/mol. The Kier molecular flexibility index (Phi) is 5.50. The van der Waals surface area contributed by atoms with Gasteiger partial charge in [-0.15, -0.1) is 0 Å². The molecule has 2 heterocycles. The molecule has 2 aromatic rings. The summed E-state index contributed by atoms with van der Waals surface area (Å²) in [6.45, 7) is 3.15. The third-order valence-corrected chi connectivity index (χ3v) is 5.51. The van der Waals surface area contributed by atoms with Gasteiger partial charge in [0.1, 0.15) is 11.9 Å². The van der Waals surface area contributed by atoms with E-state index in [0.29, 0.717) is 25.3 Å². The van der Waals surface area contributed by atoms with E-state index in [2.05, 4.69) is 17.0 Å². The van der Waals surface area contributed by atoms with Crippen molar-refractivity contribution in [3.05, 3.63) is 71.5 Å². The molecule has 0 N–H and O–H groups in total. The Morgan fingerprint density at radius 1 is 1.07 bits per heavy atom. The maximum atomic E-state index is 14.1. The van der Waals surface area contributed by atoms with Crippen molar-refractivity contribution < 1.29 is 13.9 Å². The summed E-state index contributed by atoms with van der Waals surface area (Å²) in [4.78, 5) is 17.3. The van der Waals surface area contributed by atoms with Crippen LogP contribution in [-0.4, -0.2) is 48.0 Å². The van der Waals surface area contributed by atoms with Gasteiger partial charge in [0.2, 0.25) is 5.91 Å². The zero-order valence-electron chi connectivity index (χ0n) is 15.4. The van der Waals surface area contributed by atoms with Crippen LogP contribution in [0.1, 0.15) is 30.1 Å². The van der Waals surface area contributed by atoms with Crippen LogP contribution in [0.15, 0.2) is 54.6 Å². The van der Waals surface area contributed by atoms with Crippen molar-refractivity contribution in [3.8, 4) is 0 Å². The van der Waals surface area contributed by atoms with Crippen molar-refractivity contribution in [1.82, 2.24) is 9.80 Å². The number of rotatable bonds is 4. The number of morpholine rings is 1. The zero-order chi connectivity index (χ0) is 18.6. The van der Waals surface area contributed by atoms with Gasteiger partial charge >= 0.3 is 0 Å². The molecule has 4 rings (SSSR count). The van der Waals surface area contributed by atoms with E-state index in [9.17, 15) is 9.18 Å². The first-order valence-electron chi connectivity index (χ1n) is 9.65. The number of carbonyl (C=O) groups is 1. The Bertz CT molecular complexity index is 783. The molecule has 0 saturated carbocycles. The Hall–Kier alpha value is -2.24. The quantitative estimate of drug-likeness (QED) is 0.829. The molecular weight excluding hydrogens is 343 g/mol. The predicted molar refractivity (Wildman–Crippen MR) is 102 cm³/mol. The molecule has 2 aromatic carbocycles. The molecular formula is C22H25FN2O2. The van der Waals surface area contributed by atoms with Gasteiger partial charge in [-0.1, -0.05) is 48.5 Å². The minimum Gasteiger partial charge on any atom is -0.370 e. The lowest BCUT2D eigenvalue weighted by Gasteiger charge is -2.36. The van der Waals surface area contributed by atoms with Crippen LogP contribution in [0.5, 0.6) is 0 Å². The lowest BCUT2D eigenvalue weighted by Crippen LogP contribution is -2.50. The molecule has 0 aliphatic carbocycles. The first-order valence-corrected chi connectivity index (χ1v) is 9.65. The molecule has 4 nitrogen and oxygen atoms in total. The van der Waals surface area contributed by atoms with Crippen molar-refractivity contribution in [3.63, 3.8) is 0 Å². The molecule has 0 spiro atoms. The standard InChI is InChI=1S/C22H25FN2O2/c23-19-10-5-4-9-18(19)21-16-25(13-14-27-21)22(26)20-11-6-12-24(20)15-17-7-2-1-3-8-17/h1-5,7-10,20-21H,6,11-16H2. The fourth-order valence-electron chi connectivity index (χ4n) is 4.10. The van der Waals surface area contributed by atoms with Crippen LogP contribution in [0.4, 0.5) is 4.39 Å². The third kappa shape index (κ3) is 4.04. The second-order valence-electron chi connectivity index (χ2n) is 7.28. The maximum absolute atomic E-state index is 14.1. The fourth-order valence-corrected chi connectivity index (χ4v) is 4.10. The van der Waals surface area contributed by atoms with Crippen LogP contribution in [0.3, 0.4) is 0 Å². The summed E-state index contributed by atoms with van der Waals surface area (Å²) in [6, 6.07) is 16.8. The van der Waals surface area contributed by atoms with Crippen LogP contribution >= 0.6 is 0 Å². The number of halogens is 1. The summed E-state index contributed by atoms with van der Waals surface area (Å²) in [5, 5.41) is 0. The SMILES string of the molecule is O=C(C1CCCN1Cc1ccccc1)N1CCOC(c2ccccc2F)C1. The molecule has 0 radical (unpaired) electrons. The molecule has 0 bridgehead atoms. The van der Waals surface area contributed by atoms with Gasteiger partial charge in [-0.2, -0.15) is 0 Å². The highest BCUT2D eigenvalue weighted by molar-refractivity contribution is 5.82. The molecule has 5 heteroatoms. The number of ether oxygens (including phenoxy) is 1. The van der Waals surface area contributed by atoms with Gasteiger partial charge in [0, 0.05) is 18.7 Å². The molecule has 2 aliphatic heterocycles. The fraction of sp³-hybridized carbons (Fsp3) is 0.409. The third-order valence-electron chi connectivity index (χ3n) is 5.51. The van der Waals surface area contributed by atoms with Gasteiger partial charge in [-0.25, -0.2) is 4.39 Å². The summed E-state index contributed by atoms with van der Waals surface area (Å²) in [7, 11) is 0. The highest BCUT2D eigenvalue weighted by Crippen LogP contribution is 2.27. The second kappa shape index (κ2) is 8.19. The summed E-state index contributed by atoms with van der Waals surface area (Å²) < 4.78 is 19.9. The van der Waals surface area contributed by atoms with Gasteiger partial charge in [0.05, 0.1) is 19.2 Å². The first kappa shape index (κ1) is 18.1. The van der Waals surface area contributed by atoms with Crippen molar-refractivity contribution in [2.75, 3.05) is 26.2 Å². The van der Waals surface area contributed by atoms with E-state index in [0.717, 1.165) is 25.9 Å². The van der Waals surface area contributed by atoms with Gasteiger partial charge in [-0.3, -0.25) is 9.69 Å². The monoisotopic (exact) mass is 368 g/mol. The molecule has 142 valence electrons. The molecule has 27 heavy (non-hydrogen) atoms. The smallest absolute Gasteiger partial charge is 0.240 e. The van der Waals surface area contributed by atoms with E-state index in [1.165, 1.54) is 11.6 Å². The number of hydrogen-bond acceptors (Lipinski definition) is 3. The summed E-state index contributed by atoms with van der Waals surface area (Å²) in [5.41, 5.74) is 1.76. The van der Waals surface area contributed by atoms with Crippen molar-refractivity contribution in [1.29, 1.82) is 0 Å². The predicted octanol–water partition coefficient (Wildman–Crippen LogP) is 3.39. The van der Waals surface area contributed by atoms with E-state index in [-0.39, 0.29) is 17.8 Å². The van der Waals surface area contributed by atoms with Gasteiger partial charge < -0.3 is 9.64 Å². The van der Waals surface area contributed by atoms with Gasteiger partial charge in [0.15, 0.2) is 0 Å². The number of likely N-dealkylation sites (tertiary alicyclic amines) is 1. The Labute approximate surface area is 159 Å². The minimum atomic E-state index is -0.395. The summed E-state index contributed by atoms with van der Waals surface area (Å²) in [5.74, 6) is -0.128. The maximum Gasteiger partial charge on any atom is 0.240 e. The Balaban J connectivity index is 1.44. The summed E-state index contributed by atoms with van der Waals surface area (Å²) >= 11 is 0. The van der Waals surface area contributed by atoms with Crippen LogP contribution in [0.25, 0.3) is 0 Å². The average Bonchev–Trinajstić information content (AvgIpc) is 3.17. The minimum absolute atomic E-state index is 0.0930. The van der Waals surface area contributed by atoms with Crippen LogP contribution in [-0.2, 0) is 16.1 Å². The Morgan fingerprint density at radius 2 is 1.85 bits per heavy atom. The second-order valence-corrected chi connectivity index (χ2v) is 7.28. The Morgan fingerprint density at radius 3 is 2.67 bits per heavy atom. The highest BCUT2D eigenvalue weighted by Gasteiger charge is 2.36. The van der Waals surface area contributed by atoms with Crippen LogP contribution < -0.4 is 0 Å². The van der Waals surface area contributed by atoms with Crippen molar-refractivity contribution in [2.24, 2.45) is 0 Å². The van der Waals surface area contributed by atoms with Gasteiger partial charge in [0.25, 0.3) is 0 Å². The van der Waals surface area contributed by atoms with Crippen LogP contribution in [0.2, 0.25) is 0 Å². The molecule has 1 amide bonds. The van der Waals surface area contributed by atoms with E-state index < -0.39 is 6.10 Å². The number of nitrogens with zero attached hydrogens (tertiary/aromatic N) is 2. The normalized spacial score (nSPS) is 23.5. The molecule has 2 unspecified atom stereocenters. The van der Waals surface area contributed by atoms with Crippen LogP contribution in [0, 0.1) is 5.82 Å². The molecule has 2 saturated heterocycles.